The molecule has 0 radical (unpaired) electrons. The summed E-state index contributed by atoms with van der Waals surface area (Å²) in [5, 5.41) is 8.94. The first-order valence-corrected chi connectivity index (χ1v) is 7.60. The number of hydrogen-bond acceptors (Lipinski definition) is 3. The summed E-state index contributed by atoms with van der Waals surface area (Å²) in [7, 11) is -3.60. The number of benzene rings is 2. The van der Waals surface area contributed by atoms with Gasteiger partial charge in [-0.15, -0.1) is 0 Å². The molecule has 4 heteroatoms. The van der Waals surface area contributed by atoms with Crippen LogP contribution in [0.5, 0.6) is 0 Å². The Morgan fingerprint density at radius 3 is 1.84 bits per heavy atom. The molecule has 0 spiro atoms. The monoisotopic (exact) mass is 276 g/mol. The average Bonchev–Trinajstić information content (AvgIpc) is 2.40. The second-order valence-corrected chi connectivity index (χ2v) is 6.50. The first-order valence-electron chi connectivity index (χ1n) is 6.05. The lowest BCUT2D eigenvalue weighted by atomic mass is 10.1. The summed E-state index contributed by atoms with van der Waals surface area (Å²) in [6.07, 6.45) is -0.979. The third-order valence-electron chi connectivity index (χ3n) is 2.97. The fourth-order valence-corrected chi connectivity index (χ4v) is 3.98. The predicted octanol–water partition coefficient (Wildman–Crippen LogP) is 2.58. The van der Waals surface area contributed by atoms with Crippen molar-refractivity contribution in [3.05, 3.63) is 66.2 Å². The van der Waals surface area contributed by atoms with Gasteiger partial charge >= 0.3 is 0 Å². The average molecular weight is 276 g/mol. The Balaban J connectivity index is 2.52. The molecule has 2 atom stereocenters. The van der Waals surface area contributed by atoms with Crippen LogP contribution in [0.4, 0.5) is 0 Å². The number of rotatable bonds is 4. The van der Waals surface area contributed by atoms with Gasteiger partial charge in [0.25, 0.3) is 0 Å². The summed E-state index contributed by atoms with van der Waals surface area (Å²) in [6, 6.07) is 17.0. The zero-order valence-electron chi connectivity index (χ0n) is 10.6. The smallest absolute Gasteiger partial charge is 0.187 e. The molecule has 2 aromatic carbocycles. The summed E-state index contributed by atoms with van der Waals surface area (Å²) in [5.74, 6) is 0. The van der Waals surface area contributed by atoms with E-state index in [2.05, 4.69) is 0 Å². The van der Waals surface area contributed by atoms with Gasteiger partial charge in [0, 0.05) is 0 Å². The first-order chi connectivity index (χ1) is 9.03. The van der Waals surface area contributed by atoms with E-state index < -0.39 is 21.2 Å². The molecule has 0 aromatic heterocycles. The van der Waals surface area contributed by atoms with Crippen molar-refractivity contribution in [2.45, 2.75) is 23.2 Å². The molecule has 3 nitrogen and oxygen atoms in total. The molecule has 0 aliphatic heterocycles. The van der Waals surface area contributed by atoms with E-state index in [0.29, 0.717) is 5.56 Å². The minimum absolute atomic E-state index is 0.227. The molecule has 2 rings (SSSR count). The molecule has 0 aliphatic carbocycles. The van der Waals surface area contributed by atoms with Crippen LogP contribution in [0, 0.1) is 0 Å². The van der Waals surface area contributed by atoms with Crippen LogP contribution in [-0.4, -0.2) is 19.6 Å². The van der Waals surface area contributed by atoms with E-state index in [1.807, 2.05) is 6.07 Å². The summed E-state index contributed by atoms with van der Waals surface area (Å²) >= 11 is 0. The topological polar surface area (TPSA) is 54.4 Å². The van der Waals surface area contributed by atoms with E-state index in [0.717, 1.165) is 0 Å². The van der Waals surface area contributed by atoms with Crippen molar-refractivity contribution in [3.8, 4) is 0 Å². The molecule has 0 aliphatic rings. The molecular weight excluding hydrogens is 260 g/mol. The number of aliphatic hydroxyl groups excluding tert-OH is 1. The van der Waals surface area contributed by atoms with Crippen LogP contribution in [0.25, 0.3) is 0 Å². The van der Waals surface area contributed by atoms with Crippen LogP contribution in [-0.2, 0) is 9.84 Å². The SMILES string of the molecule is CC(O)C(c1ccccc1)S(=O)(=O)c1ccccc1. The maximum atomic E-state index is 12.6. The maximum absolute atomic E-state index is 12.6. The Labute approximate surface area is 113 Å². The molecule has 0 saturated carbocycles. The zero-order chi connectivity index (χ0) is 13.9. The highest BCUT2D eigenvalue weighted by atomic mass is 32.2. The Morgan fingerprint density at radius 1 is 0.895 bits per heavy atom. The van der Waals surface area contributed by atoms with E-state index in [9.17, 15) is 13.5 Å². The zero-order valence-corrected chi connectivity index (χ0v) is 11.4. The lowest BCUT2D eigenvalue weighted by molar-refractivity contribution is 0.188. The third-order valence-corrected chi connectivity index (χ3v) is 5.24. The van der Waals surface area contributed by atoms with Gasteiger partial charge in [-0.05, 0) is 24.6 Å². The van der Waals surface area contributed by atoms with Crippen molar-refractivity contribution >= 4 is 9.84 Å². The van der Waals surface area contributed by atoms with Crippen LogP contribution in [0.15, 0.2) is 65.6 Å². The van der Waals surface area contributed by atoms with Crippen LogP contribution >= 0.6 is 0 Å². The second kappa shape index (κ2) is 5.55. The van der Waals surface area contributed by atoms with Crippen LogP contribution in [0.1, 0.15) is 17.7 Å². The highest BCUT2D eigenvalue weighted by molar-refractivity contribution is 7.91. The molecule has 0 saturated heterocycles. The fourth-order valence-electron chi connectivity index (χ4n) is 2.12. The molecule has 100 valence electrons. The van der Waals surface area contributed by atoms with E-state index >= 15 is 0 Å². The van der Waals surface area contributed by atoms with Gasteiger partial charge in [-0.2, -0.15) is 0 Å². The van der Waals surface area contributed by atoms with Gasteiger partial charge in [-0.25, -0.2) is 8.42 Å². The van der Waals surface area contributed by atoms with Gasteiger partial charge in [0.1, 0.15) is 5.25 Å². The largest absolute Gasteiger partial charge is 0.392 e. The van der Waals surface area contributed by atoms with Crippen LogP contribution in [0.2, 0.25) is 0 Å². The predicted molar refractivity (Wildman–Crippen MR) is 74.5 cm³/mol. The molecule has 2 aromatic rings. The van der Waals surface area contributed by atoms with Crippen molar-refractivity contribution in [2.24, 2.45) is 0 Å². The molecule has 0 amide bonds. The molecular formula is C15H16O3S. The quantitative estimate of drug-likeness (QED) is 0.933. The summed E-state index contributed by atoms with van der Waals surface area (Å²) in [6.45, 7) is 1.50. The van der Waals surface area contributed by atoms with E-state index in [1.54, 1.807) is 54.6 Å². The fraction of sp³-hybridized carbons (Fsp3) is 0.200. The van der Waals surface area contributed by atoms with Crippen molar-refractivity contribution in [3.63, 3.8) is 0 Å². The Hall–Kier alpha value is -1.65. The standard InChI is InChI=1S/C15H16O3S/c1-12(16)15(13-8-4-2-5-9-13)19(17,18)14-10-6-3-7-11-14/h2-12,15-16H,1H3. The molecule has 19 heavy (non-hydrogen) atoms. The van der Waals surface area contributed by atoms with Crippen molar-refractivity contribution in [1.29, 1.82) is 0 Å². The van der Waals surface area contributed by atoms with E-state index in [4.69, 9.17) is 0 Å². The Morgan fingerprint density at radius 2 is 1.37 bits per heavy atom. The number of aliphatic hydroxyl groups is 1. The van der Waals surface area contributed by atoms with E-state index in [-0.39, 0.29) is 4.90 Å². The van der Waals surface area contributed by atoms with Crippen molar-refractivity contribution < 1.29 is 13.5 Å². The van der Waals surface area contributed by atoms with Gasteiger partial charge in [-0.3, -0.25) is 0 Å². The normalized spacial score (nSPS) is 14.8. The summed E-state index contributed by atoms with van der Waals surface area (Å²) in [4.78, 5) is 0.227. The maximum Gasteiger partial charge on any atom is 0.187 e. The van der Waals surface area contributed by atoms with Crippen LogP contribution < -0.4 is 0 Å². The van der Waals surface area contributed by atoms with Crippen molar-refractivity contribution in [1.82, 2.24) is 0 Å². The number of sulfone groups is 1. The van der Waals surface area contributed by atoms with Gasteiger partial charge in [-0.1, -0.05) is 48.5 Å². The Bertz CT molecular complexity index is 619. The lowest BCUT2D eigenvalue weighted by Gasteiger charge is -2.20. The highest BCUT2D eigenvalue weighted by Crippen LogP contribution is 2.31. The highest BCUT2D eigenvalue weighted by Gasteiger charge is 2.32. The summed E-state index contributed by atoms with van der Waals surface area (Å²) < 4.78 is 25.2. The first kappa shape index (κ1) is 13.8. The lowest BCUT2D eigenvalue weighted by Crippen LogP contribution is -2.24. The van der Waals surface area contributed by atoms with Crippen molar-refractivity contribution in [2.75, 3.05) is 0 Å². The third kappa shape index (κ3) is 2.85. The molecule has 0 bridgehead atoms. The number of hydrogen-bond donors (Lipinski definition) is 1. The molecule has 0 fully saturated rings. The second-order valence-electron chi connectivity index (χ2n) is 4.43. The molecule has 1 N–H and O–H groups in total. The molecule has 0 heterocycles. The summed E-state index contributed by atoms with van der Waals surface area (Å²) in [5.41, 5.74) is 0.598. The van der Waals surface area contributed by atoms with Gasteiger partial charge in [0.05, 0.1) is 11.0 Å². The molecule has 2 unspecified atom stereocenters. The Kier molecular flexibility index (Phi) is 4.02. The minimum atomic E-state index is -3.60. The minimum Gasteiger partial charge on any atom is -0.392 e. The van der Waals surface area contributed by atoms with Gasteiger partial charge in [0.15, 0.2) is 9.84 Å². The van der Waals surface area contributed by atoms with Crippen LogP contribution in [0.3, 0.4) is 0 Å². The van der Waals surface area contributed by atoms with Gasteiger partial charge in [0.2, 0.25) is 0 Å². The van der Waals surface area contributed by atoms with E-state index in [1.165, 1.54) is 6.92 Å². The van der Waals surface area contributed by atoms with Gasteiger partial charge < -0.3 is 5.11 Å².